The molecule has 1 heterocycles. The smallest absolute Gasteiger partial charge is 0.123 e. The van der Waals surface area contributed by atoms with E-state index in [4.69, 9.17) is 23.2 Å². The van der Waals surface area contributed by atoms with Crippen LogP contribution in [0.5, 0.6) is 0 Å². The van der Waals surface area contributed by atoms with Crippen molar-refractivity contribution in [3.05, 3.63) is 56.5 Å². The molecule has 0 aliphatic rings. The highest BCUT2D eigenvalue weighted by Gasteiger charge is 2.13. The second-order valence-corrected chi connectivity index (χ2v) is 6.12. The molecule has 90 valence electrons. The lowest BCUT2D eigenvalue weighted by atomic mass is 10.1. The Morgan fingerprint density at radius 1 is 1.35 bits per heavy atom. The molecular formula is C13H11Cl2FS. The number of aryl methyl sites for hydroxylation is 1. The van der Waals surface area contributed by atoms with Gasteiger partial charge in [-0.05, 0) is 42.7 Å². The summed E-state index contributed by atoms with van der Waals surface area (Å²) in [6.45, 7) is 1.95. The van der Waals surface area contributed by atoms with E-state index in [0.29, 0.717) is 6.42 Å². The average Bonchev–Trinajstić information content (AvgIpc) is 2.59. The third-order valence-electron chi connectivity index (χ3n) is 2.49. The second-order valence-electron chi connectivity index (χ2n) is 3.91. The molecule has 2 rings (SSSR count). The summed E-state index contributed by atoms with van der Waals surface area (Å²) in [4.78, 5) is 1.03. The van der Waals surface area contributed by atoms with Crippen LogP contribution in [0.4, 0.5) is 4.39 Å². The van der Waals surface area contributed by atoms with Crippen LogP contribution in [0.25, 0.3) is 0 Å². The van der Waals surface area contributed by atoms with Gasteiger partial charge in [0.1, 0.15) is 5.82 Å². The molecule has 1 unspecified atom stereocenters. The van der Waals surface area contributed by atoms with Crippen LogP contribution in [0.1, 0.15) is 21.4 Å². The van der Waals surface area contributed by atoms with E-state index in [2.05, 4.69) is 0 Å². The van der Waals surface area contributed by atoms with E-state index in [1.54, 1.807) is 6.07 Å². The molecule has 1 atom stereocenters. The lowest BCUT2D eigenvalue weighted by Gasteiger charge is -2.07. The number of hydrogen-bond acceptors (Lipinski definition) is 1. The maximum atomic E-state index is 13.0. The van der Waals surface area contributed by atoms with E-state index in [9.17, 15) is 4.39 Å². The first-order chi connectivity index (χ1) is 8.06. The van der Waals surface area contributed by atoms with Gasteiger partial charge in [0, 0.05) is 4.88 Å². The monoisotopic (exact) mass is 288 g/mol. The van der Waals surface area contributed by atoms with Crippen molar-refractivity contribution in [3.63, 3.8) is 0 Å². The Bertz CT molecular complexity index is 502. The highest BCUT2D eigenvalue weighted by atomic mass is 35.5. The van der Waals surface area contributed by atoms with Gasteiger partial charge in [-0.15, -0.1) is 22.9 Å². The van der Waals surface area contributed by atoms with Crippen LogP contribution >= 0.6 is 34.5 Å². The minimum absolute atomic E-state index is 0.159. The molecule has 1 aromatic carbocycles. The standard InChI is InChI=1S/C13H11Cl2FS/c1-8-5-12(17-13(8)15)11(14)7-9-3-2-4-10(16)6-9/h2-6,11H,7H2,1H3. The van der Waals surface area contributed by atoms with E-state index in [1.807, 2.05) is 19.1 Å². The van der Waals surface area contributed by atoms with E-state index < -0.39 is 0 Å². The predicted molar refractivity (Wildman–Crippen MR) is 72.8 cm³/mol. The summed E-state index contributed by atoms with van der Waals surface area (Å²) in [5, 5.41) is -0.159. The number of hydrogen-bond donors (Lipinski definition) is 0. The van der Waals surface area contributed by atoms with Crippen LogP contribution in [-0.4, -0.2) is 0 Å². The molecule has 0 saturated heterocycles. The van der Waals surface area contributed by atoms with Crippen LogP contribution in [0.2, 0.25) is 4.34 Å². The zero-order chi connectivity index (χ0) is 12.4. The lowest BCUT2D eigenvalue weighted by Crippen LogP contribution is -1.93. The Morgan fingerprint density at radius 2 is 2.12 bits per heavy atom. The topological polar surface area (TPSA) is 0 Å². The Morgan fingerprint density at radius 3 is 2.71 bits per heavy atom. The molecule has 0 radical (unpaired) electrons. The van der Waals surface area contributed by atoms with E-state index in [0.717, 1.165) is 20.3 Å². The Hall–Kier alpha value is -0.570. The highest BCUT2D eigenvalue weighted by molar-refractivity contribution is 7.16. The Kier molecular flexibility index (Phi) is 4.08. The number of thiophene rings is 1. The molecule has 0 aliphatic heterocycles. The number of benzene rings is 1. The molecule has 17 heavy (non-hydrogen) atoms. The van der Waals surface area contributed by atoms with Crippen LogP contribution in [0.3, 0.4) is 0 Å². The van der Waals surface area contributed by atoms with Gasteiger partial charge >= 0.3 is 0 Å². The Balaban J connectivity index is 2.14. The fourth-order valence-corrected chi connectivity index (χ4v) is 3.18. The third-order valence-corrected chi connectivity index (χ3v) is 4.68. The van der Waals surface area contributed by atoms with Crippen molar-refractivity contribution < 1.29 is 4.39 Å². The summed E-state index contributed by atoms with van der Waals surface area (Å²) < 4.78 is 13.8. The van der Waals surface area contributed by atoms with Crippen LogP contribution < -0.4 is 0 Å². The van der Waals surface area contributed by atoms with Gasteiger partial charge in [-0.1, -0.05) is 23.7 Å². The number of alkyl halides is 1. The zero-order valence-electron chi connectivity index (χ0n) is 9.21. The fourth-order valence-electron chi connectivity index (χ4n) is 1.61. The van der Waals surface area contributed by atoms with E-state index in [1.165, 1.54) is 23.5 Å². The van der Waals surface area contributed by atoms with Gasteiger partial charge in [-0.3, -0.25) is 0 Å². The van der Waals surface area contributed by atoms with Gasteiger partial charge in [0.2, 0.25) is 0 Å². The third kappa shape index (κ3) is 3.21. The van der Waals surface area contributed by atoms with Gasteiger partial charge in [0.25, 0.3) is 0 Å². The first kappa shape index (κ1) is 12.9. The molecule has 0 amide bonds. The van der Waals surface area contributed by atoms with Crippen LogP contribution in [0, 0.1) is 12.7 Å². The van der Waals surface area contributed by atoms with Crippen LogP contribution in [0.15, 0.2) is 30.3 Å². The lowest BCUT2D eigenvalue weighted by molar-refractivity contribution is 0.625. The summed E-state index contributed by atoms with van der Waals surface area (Å²) in [5.41, 5.74) is 1.93. The van der Waals surface area contributed by atoms with Crippen LogP contribution in [-0.2, 0) is 6.42 Å². The minimum Gasteiger partial charge on any atom is -0.207 e. The molecule has 0 N–H and O–H groups in total. The van der Waals surface area contributed by atoms with Gasteiger partial charge in [-0.25, -0.2) is 4.39 Å². The molecular weight excluding hydrogens is 278 g/mol. The van der Waals surface area contributed by atoms with Crippen molar-refractivity contribution in [2.24, 2.45) is 0 Å². The molecule has 0 bridgehead atoms. The van der Waals surface area contributed by atoms with E-state index in [-0.39, 0.29) is 11.2 Å². The van der Waals surface area contributed by atoms with Gasteiger partial charge in [0.15, 0.2) is 0 Å². The number of rotatable bonds is 3. The molecule has 0 fully saturated rings. The van der Waals surface area contributed by atoms with Crippen molar-refractivity contribution in [2.45, 2.75) is 18.7 Å². The summed E-state index contributed by atoms with van der Waals surface area (Å²) in [6.07, 6.45) is 0.607. The number of halogens is 3. The molecule has 0 spiro atoms. The van der Waals surface area contributed by atoms with Crippen molar-refractivity contribution in [1.82, 2.24) is 0 Å². The first-order valence-electron chi connectivity index (χ1n) is 5.20. The largest absolute Gasteiger partial charge is 0.207 e. The van der Waals surface area contributed by atoms with Crippen molar-refractivity contribution in [3.8, 4) is 0 Å². The first-order valence-corrected chi connectivity index (χ1v) is 6.83. The molecule has 0 aliphatic carbocycles. The molecule has 0 nitrogen and oxygen atoms in total. The molecule has 2 aromatic rings. The summed E-state index contributed by atoms with van der Waals surface area (Å²) >= 11 is 13.8. The summed E-state index contributed by atoms with van der Waals surface area (Å²) in [7, 11) is 0. The van der Waals surface area contributed by atoms with Crippen molar-refractivity contribution >= 4 is 34.5 Å². The Labute approximate surface area is 114 Å². The maximum absolute atomic E-state index is 13.0. The summed E-state index contributed by atoms with van der Waals surface area (Å²) in [6, 6.07) is 8.50. The van der Waals surface area contributed by atoms with Crippen molar-refractivity contribution in [1.29, 1.82) is 0 Å². The van der Waals surface area contributed by atoms with Gasteiger partial charge < -0.3 is 0 Å². The average molecular weight is 289 g/mol. The maximum Gasteiger partial charge on any atom is 0.123 e. The summed E-state index contributed by atoms with van der Waals surface area (Å²) in [5.74, 6) is -0.230. The fraction of sp³-hybridized carbons (Fsp3) is 0.231. The van der Waals surface area contributed by atoms with Gasteiger partial charge in [-0.2, -0.15) is 0 Å². The van der Waals surface area contributed by atoms with Gasteiger partial charge in [0.05, 0.1) is 9.71 Å². The minimum atomic E-state index is -0.230. The normalized spacial score (nSPS) is 12.7. The molecule has 0 saturated carbocycles. The quantitative estimate of drug-likeness (QED) is 0.666. The second kappa shape index (κ2) is 5.38. The predicted octanol–water partition coefficient (Wildman–Crippen LogP) is 5.37. The highest BCUT2D eigenvalue weighted by Crippen LogP contribution is 2.35. The SMILES string of the molecule is Cc1cc(C(Cl)Cc2cccc(F)c2)sc1Cl. The molecule has 1 aromatic heterocycles. The van der Waals surface area contributed by atoms with Crippen molar-refractivity contribution in [2.75, 3.05) is 0 Å². The van der Waals surface area contributed by atoms with E-state index >= 15 is 0 Å². The molecule has 4 heteroatoms. The zero-order valence-corrected chi connectivity index (χ0v) is 11.5.